The van der Waals surface area contributed by atoms with Crippen molar-refractivity contribution < 1.29 is 14.6 Å². The summed E-state index contributed by atoms with van der Waals surface area (Å²) in [6.07, 6.45) is 2.58. The monoisotopic (exact) mass is 316 g/mol. The van der Waals surface area contributed by atoms with Crippen LogP contribution in [0.1, 0.15) is 23.6 Å². The van der Waals surface area contributed by atoms with Crippen molar-refractivity contribution >= 4 is 5.91 Å². The molecule has 1 aromatic rings. The van der Waals surface area contributed by atoms with Gasteiger partial charge in [-0.1, -0.05) is 30.3 Å². The van der Waals surface area contributed by atoms with Crippen LogP contribution in [0.4, 0.5) is 0 Å². The number of carbonyl (C=O) groups excluding carboxylic acids is 1. The Morgan fingerprint density at radius 3 is 2.96 bits per heavy atom. The van der Waals surface area contributed by atoms with Gasteiger partial charge in [0.15, 0.2) is 0 Å². The molecule has 5 nitrogen and oxygen atoms in total. The summed E-state index contributed by atoms with van der Waals surface area (Å²) < 4.78 is 5.68. The van der Waals surface area contributed by atoms with Crippen LogP contribution in [0.15, 0.2) is 36.9 Å². The molecule has 5 heteroatoms. The van der Waals surface area contributed by atoms with Crippen LogP contribution in [-0.4, -0.2) is 47.8 Å². The number of hydrogen-bond donors (Lipinski definition) is 2. The third-order valence-electron chi connectivity index (χ3n) is 4.95. The van der Waals surface area contributed by atoms with Crippen LogP contribution < -0.4 is 5.73 Å². The van der Waals surface area contributed by atoms with E-state index in [0.29, 0.717) is 19.6 Å². The van der Waals surface area contributed by atoms with Crippen LogP contribution >= 0.6 is 0 Å². The first kappa shape index (κ1) is 16.2. The number of hydrogen-bond acceptors (Lipinski definition) is 4. The Morgan fingerprint density at radius 1 is 1.48 bits per heavy atom. The average molecular weight is 316 g/mol. The third-order valence-corrected chi connectivity index (χ3v) is 4.95. The first-order chi connectivity index (χ1) is 11.2. The minimum atomic E-state index is -0.527. The molecule has 0 radical (unpaired) electrons. The quantitative estimate of drug-likeness (QED) is 0.817. The van der Waals surface area contributed by atoms with E-state index in [2.05, 4.69) is 18.7 Å². The summed E-state index contributed by atoms with van der Waals surface area (Å²) in [6.45, 7) is 4.89. The van der Waals surface area contributed by atoms with E-state index in [9.17, 15) is 9.90 Å². The van der Waals surface area contributed by atoms with Crippen molar-refractivity contribution in [3.05, 3.63) is 48.0 Å². The normalized spacial score (nSPS) is 30.6. The fourth-order valence-corrected chi connectivity index (χ4v) is 3.52. The number of rotatable bonds is 3. The van der Waals surface area contributed by atoms with E-state index >= 15 is 0 Å². The lowest BCUT2D eigenvalue weighted by atomic mass is 9.90. The van der Waals surface area contributed by atoms with Gasteiger partial charge in [0, 0.05) is 25.1 Å². The first-order valence-corrected chi connectivity index (χ1v) is 8.14. The van der Waals surface area contributed by atoms with Gasteiger partial charge < -0.3 is 20.5 Å². The molecule has 2 aliphatic heterocycles. The van der Waals surface area contributed by atoms with E-state index in [1.165, 1.54) is 5.56 Å². The van der Waals surface area contributed by atoms with Gasteiger partial charge in [0.1, 0.15) is 6.10 Å². The van der Waals surface area contributed by atoms with Crippen molar-refractivity contribution in [2.45, 2.75) is 31.0 Å². The second kappa shape index (κ2) is 6.83. The van der Waals surface area contributed by atoms with Crippen LogP contribution in [0.5, 0.6) is 0 Å². The SMILES string of the molecule is C=C[C@H]1c2ccccc2CCN1C(=O)[C@H]1C[C@H](N)[C@H](CO)CO1. The van der Waals surface area contributed by atoms with Gasteiger partial charge in [-0.3, -0.25) is 4.79 Å². The molecule has 3 rings (SSSR count). The Morgan fingerprint density at radius 2 is 2.26 bits per heavy atom. The maximum atomic E-state index is 12.9. The molecule has 1 fully saturated rings. The topological polar surface area (TPSA) is 75.8 Å². The zero-order valence-electron chi connectivity index (χ0n) is 13.2. The van der Waals surface area contributed by atoms with Gasteiger partial charge in [-0.05, 0) is 24.0 Å². The molecule has 4 atom stereocenters. The molecule has 2 aliphatic rings. The van der Waals surface area contributed by atoms with Gasteiger partial charge in [-0.25, -0.2) is 0 Å². The molecule has 1 amide bonds. The van der Waals surface area contributed by atoms with Crippen LogP contribution in [0.2, 0.25) is 0 Å². The minimum absolute atomic E-state index is 0.00551. The summed E-state index contributed by atoms with van der Waals surface area (Å²) in [5, 5.41) is 9.26. The summed E-state index contributed by atoms with van der Waals surface area (Å²) in [6, 6.07) is 7.84. The Kier molecular flexibility index (Phi) is 4.80. The van der Waals surface area contributed by atoms with Crippen molar-refractivity contribution in [1.29, 1.82) is 0 Å². The lowest BCUT2D eigenvalue weighted by molar-refractivity contribution is -0.152. The highest BCUT2D eigenvalue weighted by Crippen LogP contribution is 2.32. The van der Waals surface area contributed by atoms with Crippen molar-refractivity contribution in [1.82, 2.24) is 4.90 Å². The van der Waals surface area contributed by atoms with E-state index in [1.54, 1.807) is 0 Å². The van der Waals surface area contributed by atoms with Crippen molar-refractivity contribution in [2.24, 2.45) is 11.7 Å². The molecule has 3 N–H and O–H groups in total. The lowest BCUT2D eigenvalue weighted by Gasteiger charge is -2.40. The number of nitrogens with zero attached hydrogens (tertiary/aromatic N) is 1. The van der Waals surface area contributed by atoms with Crippen LogP contribution in [-0.2, 0) is 16.0 Å². The van der Waals surface area contributed by atoms with Crippen LogP contribution in [0.3, 0.4) is 0 Å². The molecule has 2 heterocycles. The Bertz CT molecular complexity index is 589. The van der Waals surface area contributed by atoms with Gasteiger partial charge in [-0.15, -0.1) is 6.58 Å². The number of benzene rings is 1. The lowest BCUT2D eigenvalue weighted by Crippen LogP contribution is -2.52. The Hall–Kier alpha value is -1.69. The van der Waals surface area contributed by atoms with E-state index in [0.717, 1.165) is 12.0 Å². The number of nitrogens with two attached hydrogens (primary N) is 1. The third kappa shape index (κ3) is 3.04. The fourth-order valence-electron chi connectivity index (χ4n) is 3.52. The van der Waals surface area contributed by atoms with Gasteiger partial charge in [0.25, 0.3) is 5.91 Å². The predicted molar refractivity (Wildman–Crippen MR) is 87.7 cm³/mol. The number of aliphatic hydroxyl groups excluding tert-OH is 1. The van der Waals surface area contributed by atoms with Gasteiger partial charge in [0.05, 0.1) is 12.6 Å². The second-order valence-corrected chi connectivity index (χ2v) is 6.33. The Balaban J connectivity index is 1.76. The Labute approximate surface area is 136 Å². The average Bonchev–Trinajstić information content (AvgIpc) is 2.60. The van der Waals surface area contributed by atoms with E-state index < -0.39 is 6.10 Å². The number of aliphatic hydroxyl groups is 1. The highest BCUT2D eigenvalue weighted by atomic mass is 16.5. The predicted octanol–water partition coefficient (Wildman–Crippen LogP) is 1.02. The summed E-state index contributed by atoms with van der Waals surface area (Å²) in [5.74, 6) is -0.118. The molecule has 0 unspecified atom stereocenters. The summed E-state index contributed by atoms with van der Waals surface area (Å²) in [5.41, 5.74) is 8.46. The molecule has 0 bridgehead atoms. The molecule has 1 saturated heterocycles. The number of carbonyl (C=O) groups is 1. The van der Waals surface area contributed by atoms with Crippen molar-refractivity contribution in [3.63, 3.8) is 0 Å². The van der Waals surface area contributed by atoms with E-state index in [4.69, 9.17) is 10.5 Å². The number of fused-ring (bicyclic) bond motifs is 1. The molecule has 1 aromatic carbocycles. The molecule has 0 aromatic heterocycles. The van der Waals surface area contributed by atoms with E-state index in [1.807, 2.05) is 23.1 Å². The van der Waals surface area contributed by atoms with Gasteiger partial charge in [0.2, 0.25) is 0 Å². The zero-order chi connectivity index (χ0) is 16.4. The highest BCUT2D eigenvalue weighted by molar-refractivity contribution is 5.82. The maximum Gasteiger partial charge on any atom is 0.252 e. The molecular formula is C18H24N2O3. The van der Waals surface area contributed by atoms with Crippen molar-refractivity contribution in [2.75, 3.05) is 19.8 Å². The number of ether oxygens (including phenoxy) is 1. The largest absolute Gasteiger partial charge is 0.396 e. The zero-order valence-corrected chi connectivity index (χ0v) is 13.2. The molecule has 0 spiro atoms. The number of amides is 1. The molecule has 23 heavy (non-hydrogen) atoms. The molecule has 0 saturated carbocycles. The summed E-state index contributed by atoms with van der Waals surface area (Å²) in [4.78, 5) is 14.7. The van der Waals surface area contributed by atoms with E-state index in [-0.39, 0.29) is 30.5 Å². The smallest absolute Gasteiger partial charge is 0.252 e. The molecule has 124 valence electrons. The second-order valence-electron chi connectivity index (χ2n) is 6.33. The first-order valence-electron chi connectivity index (χ1n) is 8.14. The molecule has 0 aliphatic carbocycles. The van der Waals surface area contributed by atoms with Gasteiger partial charge >= 0.3 is 0 Å². The summed E-state index contributed by atoms with van der Waals surface area (Å²) >= 11 is 0. The van der Waals surface area contributed by atoms with Crippen LogP contribution in [0.25, 0.3) is 0 Å². The minimum Gasteiger partial charge on any atom is -0.396 e. The highest BCUT2D eigenvalue weighted by Gasteiger charge is 2.37. The fraction of sp³-hybridized carbons (Fsp3) is 0.500. The van der Waals surface area contributed by atoms with Crippen LogP contribution in [0, 0.1) is 5.92 Å². The van der Waals surface area contributed by atoms with Gasteiger partial charge in [-0.2, -0.15) is 0 Å². The summed E-state index contributed by atoms with van der Waals surface area (Å²) in [7, 11) is 0. The van der Waals surface area contributed by atoms with Crippen molar-refractivity contribution in [3.8, 4) is 0 Å². The molecular weight excluding hydrogens is 292 g/mol. The standard InChI is InChI=1S/C18H24N2O3/c1-2-16-14-6-4-3-5-12(14)7-8-20(16)18(22)17-9-15(19)13(10-21)11-23-17/h2-6,13,15-17,21H,1,7-11,19H2/t13-,15+,16+,17-/m1/s1. The maximum absolute atomic E-state index is 12.9.